The molecule has 2 aromatic rings. The fourth-order valence-corrected chi connectivity index (χ4v) is 2.91. The second-order valence-electron chi connectivity index (χ2n) is 6.68. The smallest absolute Gasteiger partial charge is 0.254 e. The SMILES string of the molecule is CC(=O)Nc1cc(NC(C)=O)cc(C(=O)N(Cc2ccncc2)C2CC2)c1. The van der Waals surface area contributed by atoms with Crippen LogP contribution in [0.5, 0.6) is 0 Å². The number of rotatable bonds is 6. The highest BCUT2D eigenvalue weighted by atomic mass is 16.2. The minimum absolute atomic E-state index is 0.131. The van der Waals surface area contributed by atoms with Crippen LogP contribution in [0.3, 0.4) is 0 Å². The van der Waals surface area contributed by atoms with Gasteiger partial charge < -0.3 is 15.5 Å². The average molecular weight is 366 g/mol. The Morgan fingerprint density at radius 2 is 1.56 bits per heavy atom. The van der Waals surface area contributed by atoms with E-state index < -0.39 is 0 Å². The molecule has 0 bridgehead atoms. The maximum Gasteiger partial charge on any atom is 0.254 e. The number of amides is 3. The summed E-state index contributed by atoms with van der Waals surface area (Å²) in [5, 5.41) is 5.36. The molecule has 0 unspecified atom stereocenters. The lowest BCUT2D eigenvalue weighted by Crippen LogP contribution is -2.32. The molecule has 0 saturated heterocycles. The number of hydrogen-bond donors (Lipinski definition) is 2. The first-order valence-corrected chi connectivity index (χ1v) is 8.82. The van der Waals surface area contributed by atoms with E-state index in [9.17, 15) is 14.4 Å². The van der Waals surface area contributed by atoms with Gasteiger partial charge in [-0.15, -0.1) is 0 Å². The van der Waals surface area contributed by atoms with Crippen LogP contribution < -0.4 is 10.6 Å². The van der Waals surface area contributed by atoms with Crippen molar-refractivity contribution < 1.29 is 14.4 Å². The molecule has 1 heterocycles. The van der Waals surface area contributed by atoms with E-state index in [0.717, 1.165) is 18.4 Å². The zero-order valence-corrected chi connectivity index (χ0v) is 15.4. The normalized spacial score (nSPS) is 13.0. The van der Waals surface area contributed by atoms with E-state index in [0.29, 0.717) is 23.5 Å². The highest BCUT2D eigenvalue weighted by Gasteiger charge is 2.33. The number of pyridine rings is 1. The number of aromatic nitrogens is 1. The molecule has 0 radical (unpaired) electrons. The van der Waals surface area contributed by atoms with Gasteiger partial charge in [-0.2, -0.15) is 0 Å². The number of nitrogens with zero attached hydrogens (tertiary/aromatic N) is 2. The van der Waals surface area contributed by atoms with Crippen LogP contribution >= 0.6 is 0 Å². The molecule has 1 fully saturated rings. The van der Waals surface area contributed by atoms with Gasteiger partial charge in [0.05, 0.1) is 0 Å². The van der Waals surface area contributed by atoms with Crippen molar-refractivity contribution in [3.8, 4) is 0 Å². The Kier molecular flexibility index (Phi) is 5.49. The topological polar surface area (TPSA) is 91.4 Å². The fourth-order valence-electron chi connectivity index (χ4n) is 2.91. The lowest BCUT2D eigenvalue weighted by Gasteiger charge is -2.23. The third-order valence-electron chi connectivity index (χ3n) is 4.17. The van der Waals surface area contributed by atoms with Gasteiger partial charge in [-0.25, -0.2) is 0 Å². The molecule has 3 rings (SSSR count). The van der Waals surface area contributed by atoms with Gasteiger partial charge in [-0.05, 0) is 48.7 Å². The number of carbonyl (C=O) groups is 3. The summed E-state index contributed by atoms with van der Waals surface area (Å²) in [4.78, 5) is 41.9. The van der Waals surface area contributed by atoms with E-state index in [2.05, 4.69) is 15.6 Å². The minimum atomic E-state index is -0.246. The first-order chi connectivity index (χ1) is 12.9. The molecule has 7 nitrogen and oxygen atoms in total. The molecule has 27 heavy (non-hydrogen) atoms. The summed E-state index contributed by atoms with van der Waals surface area (Å²) in [7, 11) is 0. The lowest BCUT2D eigenvalue weighted by molar-refractivity contribution is -0.115. The summed E-state index contributed by atoms with van der Waals surface area (Å²) < 4.78 is 0. The van der Waals surface area contributed by atoms with Crippen molar-refractivity contribution in [1.82, 2.24) is 9.88 Å². The Morgan fingerprint density at radius 1 is 1.00 bits per heavy atom. The van der Waals surface area contributed by atoms with E-state index in [1.165, 1.54) is 13.8 Å². The van der Waals surface area contributed by atoms with Crippen molar-refractivity contribution in [3.05, 3.63) is 53.9 Å². The summed E-state index contributed by atoms with van der Waals surface area (Å²) in [6.45, 7) is 3.28. The van der Waals surface area contributed by atoms with Gasteiger partial charge in [0.2, 0.25) is 11.8 Å². The van der Waals surface area contributed by atoms with Gasteiger partial charge in [-0.1, -0.05) is 0 Å². The van der Waals surface area contributed by atoms with E-state index >= 15 is 0 Å². The van der Waals surface area contributed by atoms with Gasteiger partial charge in [0.15, 0.2) is 0 Å². The summed E-state index contributed by atoms with van der Waals surface area (Å²) in [5.41, 5.74) is 2.37. The number of nitrogens with one attached hydrogen (secondary N) is 2. The van der Waals surface area contributed by atoms with Gasteiger partial charge in [-0.3, -0.25) is 19.4 Å². The first kappa shape index (κ1) is 18.6. The molecule has 0 aliphatic heterocycles. The Bertz CT molecular complexity index is 829. The van der Waals surface area contributed by atoms with E-state index in [-0.39, 0.29) is 23.8 Å². The van der Waals surface area contributed by atoms with Crippen molar-refractivity contribution in [1.29, 1.82) is 0 Å². The molecule has 7 heteroatoms. The predicted molar refractivity (Wildman–Crippen MR) is 102 cm³/mol. The van der Waals surface area contributed by atoms with E-state index in [4.69, 9.17) is 0 Å². The number of anilines is 2. The maximum absolute atomic E-state index is 13.2. The molecular weight excluding hydrogens is 344 g/mol. The maximum atomic E-state index is 13.2. The second-order valence-corrected chi connectivity index (χ2v) is 6.68. The summed E-state index contributed by atoms with van der Waals surface area (Å²) in [6.07, 6.45) is 5.36. The highest BCUT2D eigenvalue weighted by Crippen LogP contribution is 2.31. The summed E-state index contributed by atoms with van der Waals surface area (Å²) in [6, 6.07) is 8.88. The molecule has 1 aromatic carbocycles. The molecule has 1 aliphatic rings. The van der Waals surface area contributed by atoms with Gasteiger partial charge in [0.1, 0.15) is 0 Å². The van der Waals surface area contributed by atoms with Crippen molar-refractivity contribution in [2.75, 3.05) is 10.6 Å². The van der Waals surface area contributed by atoms with Crippen LogP contribution in [0.2, 0.25) is 0 Å². The molecule has 1 saturated carbocycles. The Labute approximate surface area is 157 Å². The molecule has 1 aliphatic carbocycles. The zero-order valence-electron chi connectivity index (χ0n) is 15.4. The predicted octanol–water partition coefficient (Wildman–Crippen LogP) is 2.80. The minimum Gasteiger partial charge on any atom is -0.331 e. The molecule has 3 amide bonds. The fraction of sp³-hybridized carbons (Fsp3) is 0.300. The number of benzene rings is 1. The third kappa shape index (κ3) is 5.13. The van der Waals surface area contributed by atoms with Crippen LogP contribution in [0.15, 0.2) is 42.7 Å². The highest BCUT2D eigenvalue weighted by molar-refractivity contribution is 6.00. The quantitative estimate of drug-likeness (QED) is 0.822. The van der Waals surface area contributed by atoms with E-state index in [1.807, 2.05) is 17.0 Å². The number of hydrogen-bond acceptors (Lipinski definition) is 4. The molecular formula is C20H22N4O3. The van der Waals surface area contributed by atoms with Crippen molar-refractivity contribution in [2.45, 2.75) is 39.3 Å². The molecule has 0 atom stereocenters. The zero-order chi connectivity index (χ0) is 19.4. The molecule has 2 N–H and O–H groups in total. The Balaban J connectivity index is 1.90. The van der Waals surface area contributed by atoms with Crippen molar-refractivity contribution in [3.63, 3.8) is 0 Å². The average Bonchev–Trinajstić information content (AvgIpc) is 3.43. The molecule has 0 spiro atoms. The van der Waals surface area contributed by atoms with Gasteiger partial charge in [0, 0.05) is 55.8 Å². The van der Waals surface area contributed by atoms with Crippen LogP contribution in [0.1, 0.15) is 42.6 Å². The first-order valence-electron chi connectivity index (χ1n) is 8.82. The van der Waals surface area contributed by atoms with Crippen LogP contribution in [0.25, 0.3) is 0 Å². The largest absolute Gasteiger partial charge is 0.331 e. The van der Waals surface area contributed by atoms with Crippen LogP contribution in [-0.4, -0.2) is 33.6 Å². The van der Waals surface area contributed by atoms with Gasteiger partial charge in [0.25, 0.3) is 5.91 Å². The van der Waals surface area contributed by atoms with Gasteiger partial charge >= 0.3 is 0 Å². The summed E-state index contributed by atoms with van der Waals surface area (Å²) in [5.74, 6) is -0.624. The van der Waals surface area contributed by atoms with Crippen LogP contribution in [0, 0.1) is 0 Å². The number of carbonyl (C=O) groups excluding carboxylic acids is 3. The monoisotopic (exact) mass is 366 g/mol. The Hall–Kier alpha value is -3.22. The molecule has 140 valence electrons. The standard InChI is InChI=1S/C20H22N4O3/c1-13(25)22-17-9-16(10-18(11-17)23-14(2)26)20(27)24(19-3-4-19)12-15-5-7-21-8-6-15/h5-11,19H,3-4,12H2,1-2H3,(H,22,25)(H,23,26). The van der Waals surface area contributed by atoms with Crippen LogP contribution in [0.4, 0.5) is 11.4 Å². The molecule has 1 aromatic heterocycles. The van der Waals surface area contributed by atoms with Crippen molar-refractivity contribution in [2.24, 2.45) is 0 Å². The van der Waals surface area contributed by atoms with E-state index in [1.54, 1.807) is 30.6 Å². The summed E-state index contributed by atoms with van der Waals surface area (Å²) >= 11 is 0. The van der Waals surface area contributed by atoms with Crippen molar-refractivity contribution >= 4 is 29.1 Å². The van der Waals surface area contributed by atoms with Crippen LogP contribution in [-0.2, 0) is 16.1 Å². The third-order valence-corrected chi connectivity index (χ3v) is 4.17. The Morgan fingerprint density at radius 3 is 2.04 bits per heavy atom. The lowest BCUT2D eigenvalue weighted by atomic mass is 10.1. The second kappa shape index (κ2) is 7.99.